The fourth-order valence-electron chi connectivity index (χ4n) is 2.45. The number of rotatable bonds is 12. The van der Waals surface area contributed by atoms with Crippen LogP contribution in [-0.2, 0) is 9.09 Å². The molecule has 0 bridgehead atoms. The maximum Gasteiger partial charge on any atom is 0.460 e. The van der Waals surface area contributed by atoms with Crippen LogP contribution in [0.2, 0.25) is 0 Å². The van der Waals surface area contributed by atoms with Gasteiger partial charge in [-0.25, -0.2) is 4.39 Å². The topological polar surface area (TPSA) is 72.4 Å². The van der Waals surface area contributed by atoms with Crippen LogP contribution >= 0.6 is 7.82 Å². The highest BCUT2D eigenvalue weighted by Crippen LogP contribution is 2.61. The molecule has 0 unspecified atom stereocenters. The number of allylic oxidation sites excluding steroid dienone is 2. The molecule has 0 saturated heterocycles. The SMILES string of the molecule is CCC(CC)CCC(OP(=O)([O-])[O-])=C(F)C(F)(F)C(F)(F)C(F)(F)C(F)(F)C(F)(F)C(F)(F)F. The van der Waals surface area contributed by atoms with E-state index in [1.54, 1.807) is 0 Å². The highest BCUT2D eigenvalue weighted by atomic mass is 31.2. The Morgan fingerprint density at radius 1 is 0.765 bits per heavy atom. The maximum atomic E-state index is 14.1. The van der Waals surface area contributed by atoms with Gasteiger partial charge in [0.05, 0.1) is 0 Å². The minimum absolute atomic E-state index is 0.154. The second-order valence-corrected chi connectivity index (χ2v) is 7.94. The van der Waals surface area contributed by atoms with Crippen molar-refractivity contribution in [3.8, 4) is 0 Å². The highest BCUT2D eigenvalue weighted by Gasteiger charge is 2.91. The van der Waals surface area contributed by atoms with Crippen LogP contribution < -0.4 is 9.79 Å². The average Bonchev–Trinajstić information content (AvgIpc) is 2.64. The third kappa shape index (κ3) is 5.91. The van der Waals surface area contributed by atoms with Gasteiger partial charge in [-0.2, -0.15) is 57.1 Å². The zero-order chi connectivity index (χ0) is 27.8. The summed E-state index contributed by atoms with van der Waals surface area (Å²) in [6.07, 6.45) is -9.45. The lowest BCUT2D eigenvalue weighted by Gasteiger charge is -2.39. The van der Waals surface area contributed by atoms with E-state index in [4.69, 9.17) is 0 Å². The normalized spacial score (nSPS) is 16.1. The zero-order valence-corrected chi connectivity index (χ0v) is 17.7. The molecule has 0 rings (SSSR count). The van der Waals surface area contributed by atoms with E-state index in [1.807, 2.05) is 0 Å². The highest BCUT2D eigenvalue weighted by molar-refractivity contribution is 7.43. The van der Waals surface area contributed by atoms with Gasteiger partial charge in [-0.1, -0.05) is 26.7 Å². The van der Waals surface area contributed by atoms with Crippen molar-refractivity contribution in [2.24, 2.45) is 5.92 Å². The fourth-order valence-corrected chi connectivity index (χ4v) is 2.89. The van der Waals surface area contributed by atoms with Crippen molar-refractivity contribution in [2.75, 3.05) is 0 Å². The molecule has 0 aromatic carbocycles. The summed E-state index contributed by atoms with van der Waals surface area (Å²) >= 11 is 0. The Morgan fingerprint density at radius 2 is 1.15 bits per heavy atom. The van der Waals surface area contributed by atoms with Crippen LogP contribution in [0, 0.1) is 5.92 Å². The molecule has 204 valence electrons. The smallest absolute Gasteiger partial charge is 0.460 e. The fraction of sp³-hybridized carbons (Fsp3) is 0.867. The van der Waals surface area contributed by atoms with Gasteiger partial charge < -0.3 is 18.9 Å². The molecule has 0 aromatic heterocycles. The van der Waals surface area contributed by atoms with Gasteiger partial charge in [-0.05, 0) is 12.3 Å². The number of halogens is 14. The lowest BCUT2D eigenvalue weighted by molar-refractivity contribution is -0.437. The maximum absolute atomic E-state index is 14.1. The summed E-state index contributed by atoms with van der Waals surface area (Å²) < 4.78 is 199. The van der Waals surface area contributed by atoms with E-state index in [0.29, 0.717) is 0 Å². The van der Waals surface area contributed by atoms with E-state index < -0.39 is 74.0 Å². The summed E-state index contributed by atoms with van der Waals surface area (Å²) in [6, 6.07) is 0. The molecular weight excluding hydrogens is 541 g/mol. The summed E-state index contributed by atoms with van der Waals surface area (Å²) in [5.41, 5.74) is 0. The molecule has 34 heavy (non-hydrogen) atoms. The molecule has 19 heteroatoms. The van der Waals surface area contributed by atoms with Crippen LogP contribution in [0.5, 0.6) is 0 Å². The number of alkyl halides is 13. The van der Waals surface area contributed by atoms with Gasteiger partial charge in [0.25, 0.3) is 0 Å². The molecule has 0 radical (unpaired) electrons. The lowest BCUT2D eigenvalue weighted by atomic mass is 9.92. The molecule has 0 fully saturated rings. The summed E-state index contributed by atoms with van der Waals surface area (Å²) in [6.45, 7) is 2.88. The Morgan fingerprint density at radius 3 is 1.47 bits per heavy atom. The first-order valence-corrected chi connectivity index (χ1v) is 10.3. The molecule has 0 aromatic rings. The number of hydrogen-bond acceptors (Lipinski definition) is 4. The van der Waals surface area contributed by atoms with Gasteiger partial charge in [0, 0.05) is 6.42 Å². The molecule has 0 aliphatic heterocycles. The number of hydrogen-bond donors (Lipinski definition) is 0. The van der Waals surface area contributed by atoms with E-state index in [1.165, 1.54) is 13.8 Å². The van der Waals surface area contributed by atoms with Gasteiger partial charge in [0.15, 0.2) is 0 Å². The minimum atomic E-state index is -8.29. The first-order chi connectivity index (χ1) is 14.8. The third-order valence-electron chi connectivity index (χ3n) is 4.61. The Hall–Kier alpha value is -1.29. The molecule has 0 aliphatic carbocycles. The third-order valence-corrected chi connectivity index (χ3v) is 5.05. The Bertz CT molecular complexity index is 782. The van der Waals surface area contributed by atoms with Gasteiger partial charge in [0.2, 0.25) is 5.83 Å². The molecule has 0 saturated carbocycles. The number of phosphoric acid groups is 1. The van der Waals surface area contributed by atoms with Gasteiger partial charge >= 0.3 is 35.8 Å². The van der Waals surface area contributed by atoms with Crippen LogP contribution in [0.3, 0.4) is 0 Å². The van der Waals surface area contributed by atoms with E-state index >= 15 is 0 Å². The van der Waals surface area contributed by atoms with Gasteiger partial charge in [-0.3, -0.25) is 0 Å². The van der Waals surface area contributed by atoms with Crippen LogP contribution in [-0.4, -0.2) is 35.8 Å². The monoisotopic (exact) mass is 556 g/mol. The second kappa shape index (κ2) is 9.99. The summed E-state index contributed by atoms with van der Waals surface area (Å²) in [4.78, 5) is 21.3. The van der Waals surface area contributed by atoms with E-state index in [9.17, 15) is 75.8 Å². The quantitative estimate of drug-likeness (QED) is 0.169. The van der Waals surface area contributed by atoms with Crippen molar-refractivity contribution >= 4 is 7.82 Å². The zero-order valence-electron chi connectivity index (χ0n) is 16.8. The van der Waals surface area contributed by atoms with Crippen LogP contribution in [0.4, 0.5) is 61.5 Å². The summed E-state index contributed by atoms with van der Waals surface area (Å²) in [5, 5.41) is 0. The summed E-state index contributed by atoms with van der Waals surface area (Å²) in [7, 11) is -6.58. The van der Waals surface area contributed by atoms with Gasteiger partial charge in [0.1, 0.15) is 13.6 Å². The van der Waals surface area contributed by atoms with Crippen molar-refractivity contribution in [3.63, 3.8) is 0 Å². The molecule has 0 aliphatic rings. The molecule has 0 atom stereocenters. The standard InChI is InChI=1S/C15H17F14O4P/c1-3-7(4-2)5-6-8(33-34(30,31)32)9(16)10(17,18)11(19,20)12(21,22)13(23,24)14(25,26)15(27,28)29/h7H,3-6H2,1-2H3,(H2,30,31,32)/p-2. The van der Waals surface area contributed by atoms with Crippen molar-refractivity contribution in [2.45, 2.75) is 75.3 Å². The Kier molecular flexibility index (Phi) is 9.61. The largest absolute Gasteiger partial charge is 0.780 e. The van der Waals surface area contributed by atoms with Gasteiger partial charge in [-0.15, -0.1) is 0 Å². The Balaban J connectivity index is 6.77. The van der Waals surface area contributed by atoms with Crippen LogP contribution in [0.25, 0.3) is 0 Å². The molecule has 0 spiro atoms. The molecule has 0 N–H and O–H groups in total. The number of phosphoric ester groups is 1. The predicted octanol–water partition coefficient (Wildman–Crippen LogP) is 5.97. The molecule has 0 heterocycles. The summed E-state index contributed by atoms with van der Waals surface area (Å²) in [5.74, 6) is -47.2. The molecule has 0 amide bonds. The van der Waals surface area contributed by atoms with E-state index in [0.717, 1.165) is 0 Å². The van der Waals surface area contributed by atoms with Crippen molar-refractivity contribution < 1.29 is 80.3 Å². The van der Waals surface area contributed by atoms with E-state index in [-0.39, 0.29) is 12.8 Å². The van der Waals surface area contributed by atoms with Crippen molar-refractivity contribution in [3.05, 3.63) is 11.6 Å². The van der Waals surface area contributed by atoms with Crippen molar-refractivity contribution in [1.82, 2.24) is 0 Å². The predicted molar refractivity (Wildman–Crippen MR) is 80.9 cm³/mol. The molecular formula is C15H15F14O4P-2. The lowest BCUT2D eigenvalue weighted by Crippen LogP contribution is -2.70. The van der Waals surface area contributed by atoms with E-state index in [2.05, 4.69) is 4.52 Å². The first-order valence-electron chi connectivity index (χ1n) is 8.82. The first kappa shape index (κ1) is 32.7. The van der Waals surface area contributed by atoms with Crippen molar-refractivity contribution in [1.29, 1.82) is 0 Å². The molecule has 4 nitrogen and oxygen atoms in total. The minimum Gasteiger partial charge on any atom is -0.780 e. The Labute approximate surface area is 182 Å². The van der Waals surface area contributed by atoms with Crippen LogP contribution in [0.1, 0.15) is 39.5 Å². The van der Waals surface area contributed by atoms with Crippen LogP contribution in [0.15, 0.2) is 11.6 Å². The average molecular weight is 556 g/mol. The second-order valence-electron chi connectivity index (χ2n) is 6.87.